The molecule has 0 amide bonds. The maximum Gasteiger partial charge on any atom is 0.129 e. The van der Waals surface area contributed by atoms with E-state index in [0.29, 0.717) is 10.0 Å². The Labute approximate surface area is 83.4 Å². The molecule has 0 unspecified atom stereocenters. The molecule has 0 spiro atoms. The van der Waals surface area contributed by atoms with Crippen molar-refractivity contribution in [3.05, 3.63) is 34.1 Å². The standard InChI is InChI=1S/C8H5BrFNS/c9-7-2-1-3-8(10)6(7)4-11-5-12/h1-3H,4H2. The summed E-state index contributed by atoms with van der Waals surface area (Å²) in [7, 11) is 0. The van der Waals surface area contributed by atoms with Gasteiger partial charge >= 0.3 is 0 Å². The Balaban J connectivity index is 3.03. The number of hydrogen-bond acceptors (Lipinski definition) is 2. The lowest BCUT2D eigenvalue weighted by molar-refractivity contribution is 0.609. The molecule has 1 nitrogen and oxygen atoms in total. The third-order valence-electron chi connectivity index (χ3n) is 1.36. The number of isothiocyanates is 1. The molecule has 4 heteroatoms. The lowest BCUT2D eigenvalue weighted by Gasteiger charge is -2.00. The summed E-state index contributed by atoms with van der Waals surface area (Å²) in [5.41, 5.74) is 0.509. The summed E-state index contributed by atoms with van der Waals surface area (Å²) in [6, 6.07) is 4.78. The van der Waals surface area contributed by atoms with E-state index in [9.17, 15) is 4.39 Å². The molecule has 0 N–H and O–H groups in total. The predicted molar refractivity (Wildman–Crippen MR) is 52.8 cm³/mol. The second-order valence-corrected chi connectivity index (χ2v) is 3.14. The zero-order valence-electron chi connectivity index (χ0n) is 6.05. The summed E-state index contributed by atoms with van der Waals surface area (Å²) in [6.45, 7) is 0.233. The smallest absolute Gasteiger partial charge is 0.129 e. The fourth-order valence-electron chi connectivity index (χ4n) is 0.795. The van der Waals surface area contributed by atoms with Crippen LogP contribution in [0.1, 0.15) is 5.56 Å². The third-order valence-corrected chi connectivity index (χ3v) is 2.24. The van der Waals surface area contributed by atoms with Gasteiger partial charge in [-0.3, -0.25) is 0 Å². The van der Waals surface area contributed by atoms with Crippen molar-refractivity contribution in [2.75, 3.05) is 0 Å². The average Bonchev–Trinajstić information content (AvgIpc) is 2.04. The molecule has 0 atom stereocenters. The topological polar surface area (TPSA) is 12.4 Å². The molecule has 0 aliphatic heterocycles. The normalized spacial score (nSPS) is 9.17. The number of halogens is 2. The lowest BCUT2D eigenvalue weighted by Crippen LogP contribution is -1.88. The lowest BCUT2D eigenvalue weighted by atomic mass is 10.2. The monoisotopic (exact) mass is 245 g/mol. The van der Waals surface area contributed by atoms with Crippen LogP contribution in [0.3, 0.4) is 0 Å². The number of nitrogens with zero attached hydrogens (tertiary/aromatic N) is 1. The van der Waals surface area contributed by atoms with Gasteiger partial charge in [0.2, 0.25) is 0 Å². The Morgan fingerprint density at radius 3 is 2.92 bits per heavy atom. The van der Waals surface area contributed by atoms with Gasteiger partial charge in [0.05, 0.1) is 11.7 Å². The van der Waals surface area contributed by atoms with Crippen LogP contribution in [0.25, 0.3) is 0 Å². The Morgan fingerprint density at radius 1 is 1.58 bits per heavy atom. The first-order valence-corrected chi connectivity index (χ1v) is 4.42. The second kappa shape index (κ2) is 4.45. The number of aliphatic imine (C=N–C) groups is 1. The van der Waals surface area contributed by atoms with E-state index in [0.717, 1.165) is 0 Å². The summed E-state index contributed by atoms with van der Waals surface area (Å²) < 4.78 is 13.7. The molecule has 0 fully saturated rings. The Hall–Kier alpha value is -0.570. The summed E-state index contributed by atoms with van der Waals surface area (Å²) in [5, 5.41) is 2.19. The first-order chi connectivity index (χ1) is 5.75. The number of rotatable bonds is 2. The molecule has 62 valence electrons. The summed E-state index contributed by atoms with van der Waals surface area (Å²) in [5.74, 6) is -0.279. The van der Waals surface area contributed by atoms with Crippen LogP contribution in [0.15, 0.2) is 27.7 Å². The highest BCUT2D eigenvalue weighted by Crippen LogP contribution is 2.19. The predicted octanol–water partition coefficient (Wildman–Crippen LogP) is 3.19. The van der Waals surface area contributed by atoms with Gasteiger partial charge in [-0.2, -0.15) is 0 Å². The minimum atomic E-state index is -0.279. The van der Waals surface area contributed by atoms with Gasteiger partial charge in [0.15, 0.2) is 0 Å². The van der Waals surface area contributed by atoms with Crippen molar-refractivity contribution in [1.29, 1.82) is 0 Å². The van der Waals surface area contributed by atoms with Crippen LogP contribution in [-0.4, -0.2) is 5.16 Å². The van der Waals surface area contributed by atoms with Crippen LogP contribution >= 0.6 is 28.1 Å². The van der Waals surface area contributed by atoms with Gasteiger partial charge in [0.25, 0.3) is 0 Å². The molecule has 12 heavy (non-hydrogen) atoms. The van der Waals surface area contributed by atoms with Gasteiger partial charge in [-0.25, -0.2) is 9.38 Å². The fourth-order valence-corrected chi connectivity index (χ4v) is 1.33. The largest absolute Gasteiger partial charge is 0.228 e. The molecule has 0 aliphatic rings. The third kappa shape index (κ3) is 2.21. The SMILES string of the molecule is Fc1cccc(Br)c1CN=C=S. The number of benzene rings is 1. The number of thiocarbonyl (C=S) groups is 1. The van der Waals surface area contributed by atoms with Gasteiger partial charge in [-0.15, -0.1) is 0 Å². The minimum absolute atomic E-state index is 0.233. The van der Waals surface area contributed by atoms with Crippen molar-refractivity contribution >= 4 is 33.3 Å². The first kappa shape index (κ1) is 9.52. The fraction of sp³-hybridized carbons (Fsp3) is 0.125. The van der Waals surface area contributed by atoms with Crippen molar-refractivity contribution in [2.45, 2.75) is 6.54 Å². The molecular weight excluding hydrogens is 241 g/mol. The molecule has 0 radical (unpaired) electrons. The molecule has 1 aromatic carbocycles. The summed E-state index contributed by atoms with van der Waals surface area (Å²) in [4.78, 5) is 3.66. The van der Waals surface area contributed by atoms with Crippen LogP contribution in [0.4, 0.5) is 4.39 Å². The first-order valence-electron chi connectivity index (χ1n) is 3.22. The van der Waals surface area contributed by atoms with Gasteiger partial charge in [-0.05, 0) is 24.4 Å². The molecular formula is C8H5BrFNS. The van der Waals surface area contributed by atoms with Gasteiger partial charge in [0, 0.05) is 10.0 Å². The maximum absolute atomic E-state index is 13.0. The van der Waals surface area contributed by atoms with E-state index in [-0.39, 0.29) is 12.4 Å². The van der Waals surface area contributed by atoms with Crippen LogP contribution in [0, 0.1) is 5.82 Å². The van der Waals surface area contributed by atoms with E-state index in [2.05, 4.69) is 38.3 Å². The van der Waals surface area contributed by atoms with Gasteiger partial charge < -0.3 is 0 Å². The average molecular weight is 246 g/mol. The van der Waals surface area contributed by atoms with Crippen LogP contribution in [0.2, 0.25) is 0 Å². The van der Waals surface area contributed by atoms with Crippen molar-refractivity contribution in [2.24, 2.45) is 4.99 Å². The highest BCUT2D eigenvalue weighted by atomic mass is 79.9. The Morgan fingerprint density at radius 2 is 2.33 bits per heavy atom. The second-order valence-electron chi connectivity index (χ2n) is 2.11. The van der Waals surface area contributed by atoms with Crippen molar-refractivity contribution in [1.82, 2.24) is 0 Å². The molecule has 1 aromatic rings. The molecule has 0 bridgehead atoms. The van der Waals surface area contributed by atoms with E-state index in [1.165, 1.54) is 6.07 Å². The van der Waals surface area contributed by atoms with Crippen LogP contribution < -0.4 is 0 Å². The minimum Gasteiger partial charge on any atom is -0.228 e. The van der Waals surface area contributed by atoms with E-state index in [1.807, 2.05) is 0 Å². The number of hydrogen-bond donors (Lipinski definition) is 0. The van der Waals surface area contributed by atoms with E-state index >= 15 is 0 Å². The van der Waals surface area contributed by atoms with E-state index in [4.69, 9.17) is 0 Å². The molecule has 0 saturated heterocycles. The highest BCUT2D eigenvalue weighted by molar-refractivity contribution is 9.10. The van der Waals surface area contributed by atoms with Crippen LogP contribution in [0.5, 0.6) is 0 Å². The zero-order chi connectivity index (χ0) is 8.97. The molecule has 1 rings (SSSR count). The van der Waals surface area contributed by atoms with E-state index < -0.39 is 0 Å². The Kier molecular flexibility index (Phi) is 3.53. The summed E-state index contributed by atoms with van der Waals surface area (Å²) >= 11 is 7.60. The van der Waals surface area contributed by atoms with Crippen molar-refractivity contribution < 1.29 is 4.39 Å². The maximum atomic E-state index is 13.0. The quantitative estimate of drug-likeness (QED) is 0.576. The molecule has 0 aromatic heterocycles. The van der Waals surface area contributed by atoms with Crippen molar-refractivity contribution in [3.63, 3.8) is 0 Å². The highest BCUT2D eigenvalue weighted by Gasteiger charge is 2.03. The molecule has 0 aliphatic carbocycles. The van der Waals surface area contributed by atoms with Crippen molar-refractivity contribution in [3.8, 4) is 0 Å². The summed E-state index contributed by atoms with van der Waals surface area (Å²) in [6.07, 6.45) is 0. The van der Waals surface area contributed by atoms with Gasteiger partial charge in [-0.1, -0.05) is 22.0 Å². The van der Waals surface area contributed by atoms with Crippen LogP contribution in [-0.2, 0) is 6.54 Å². The zero-order valence-corrected chi connectivity index (χ0v) is 8.45. The molecule has 0 saturated carbocycles. The van der Waals surface area contributed by atoms with E-state index in [1.54, 1.807) is 12.1 Å². The molecule has 0 heterocycles. The Bertz CT molecular complexity index is 314. The van der Waals surface area contributed by atoms with Gasteiger partial charge in [0.1, 0.15) is 5.82 Å².